The first-order chi connectivity index (χ1) is 13.5. The zero-order valence-electron chi connectivity index (χ0n) is 16.2. The maximum atomic E-state index is 12.7. The SMILES string of the molecule is O=C1CN(CC(=O)N2CCC3(CCCN(CCc4ccccc4)C3)C2)C(=O)N1. The summed E-state index contributed by atoms with van der Waals surface area (Å²) in [5.74, 6) is -0.389. The number of likely N-dealkylation sites (tertiary alicyclic amines) is 2. The third-order valence-electron chi connectivity index (χ3n) is 6.29. The number of imide groups is 1. The topological polar surface area (TPSA) is 73.0 Å². The number of benzene rings is 1. The minimum Gasteiger partial charge on any atom is -0.341 e. The van der Waals surface area contributed by atoms with Crippen LogP contribution in [0.3, 0.4) is 0 Å². The molecule has 4 rings (SSSR count). The van der Waals surface area contributed by atoms with Gasteiger partial charge in [-0.05, 0) is 37.8 Å². The maximum Gasteiger partial charge on any atom is 0.325 e. The third kappa shape index (κ3) is 4.19. The lowest BCUT2D eigenvalue weighted by Crippen LogP contribution is -2.47. The Morgan fingerprint density at radius 2 is 1.89 bits per heavy atom. The molecule has 3 aliphatic heterocycles. The highest BCUT2D eigenvalue weighted by atomic mass is 16.2. The van der Waals surface area contributed by atoms with E-state index in [1.165, 1.54) is 16.9 Å². The van der Waals surface area contributed by atoms with Gasteiger partial charge in [0.1, 0.15) is 13.1 Å². The molecule has 1 unspecified atom stereocenters. The molecule has 0 bridgehead atoms. The number of rotatable bonds is 5. The van der Waals surface area contributed by atoms with Crippen LogP contribution in [0.2, 0.25) is 0 Å². The van der Waals surface area contributed by atoms with Gasteiger partial charge in [0.2, 0.25) is 11.8 Å². The summed E-state index contributed by atoms with van der Waals surface area (Å²) in [4.78, 5) is 41.4. The molecule has 1 spiro atoms. The van der Waals surface area contributed by atoms with E-state index in [1.807, 2.05) is 11.0 Å². The van der Waals surface area contributed by atoms with Crippen LogP contribution in [-0.2, 0) is 16.0 Å². The van der Waals surface area contributed by atoms with Crippen molar-refractivity contribution in [2.24, 2.45) is 5.41 Å². The molecule has 0 saturated carbocycles. The van der Waals surface area contributed by atoms with E-state index >= 15 is 0 Å². The second kappa shape index (κ2) is 7.91. The van der Waals surface area contributed by atoms with Crippen LogP contribution in [0.1, 0.15) is 24.8 Å². The summed E-state index contributed by atoms with van der Waals surface area (Å²) in [6.07, 6.45) is 4.39. The van der Waals surface area contributed by atoms with E-state index in [4.69, 9.17) is 0 Å². The van der Waals surface area contributed by atoms with Crippen LogP contribution in [0.15, 0.2) is 30.3 Å². The molecule has 0 aromatic heterocycles. The van der Waals surface area contributed by atoms with Crippen LogP contribution in [-0.4, -0.2) is 78.4 Å². The fraction of sp³-hybridized carbons (Fsp3) is 0.571. The van der Waals surface area contributed by atoms with Crippen LogP contribution >= 0.6 is 0 Å². The maximum absolute atomic E-state index is 12.7. The Hall–Kier alpha value is -2.41. The highest BCUT2D eigenvalue weighted by Gasteiger charge is 2.43. The van der Waals surface area contributed by atoms with Crippen molar-refractivity contribution in [3.05, 3.63) is 35.9 Å². The molecule has 4 amide bonds. The molecule has 0 aliphatic carbocycles. The van der Waals surface area contributed by atoms with Crippen molar-refractivity contribution >= 4 is 17.8 Å². The summed E-state index contributed by atoms with van der Waals surface area (Å²) in [6, 6.07) is 10.1. The molecule has 28 heavy (non-hydrogen) atoms. The van der Waals surface area contributed by atoms with Crippen molar-refractivity contribution in [2.45, 2.75) is 25.7 Å². The van der Waals surface area contributed by atoms with Gasteiger partial charge < -0.3 is 14.7 Å². The van der Waals surface area contributed by atoms with E-state index < -0.39 is 6.03 Å². The zero-order chi connectivity index (χ0) is 19.6. The minimum atomic E-state index is -0.461. The Labute approximate surface area is 165 Å². The summed E-state index contributed by atoms with van der Waals surface area (Å²) in [7, 11) is 0. The number of carbonyl (C=O) groups excluding carboxylic acids is 3. The third-order valence-corrected chi connectivity index (χ3v) is 6.29. The predicted octanol–water partition coefficient (Wildman–Crippen LogP) is 1.10. The number of urea groups is 1. The molecule has 150 valence electrons. The van der Waals surface area contributed by atoms with Crippen molar-refractivity contribution in [1.82, 2.24) is 20.0 Å². The van der Waals surface area contributed by atoms with E-state index in [9.17, 15) is 14.4 Å². The lowest BCUT2D eigenvalue weighted by Gasteiger charge is -2.40. The Bertz CT molecular complexity index is 753. The lowest BCUT2D eigenvalue weighted by molar-refractivity contribution is -0.131. The van der Waals surface area contributed by atoms with Gasteiger partial charge in [-0.3, -0.25) is 14.9 Å². The molecule has 3 saturated heterocycles. The van der Waals surface area contributed by atoms with E-state index in [1.54, 1.807) is 0 Å². The van der Waals surface area contributed by atoms with E-state index in [2.05, 4.69) is 34.5 Å². The fourth-order valence-electron chi connectivity index (χ4n) is 4.79. The summed E-state index contributed by atoms with van der Waals surface area (Å²) < 4.78 is 0. The number of nitrogens with one attached hydrogen (secondary N) is 1. The summed E-state index contributed by atoms with van der Waals surface area (Å²) in [5, 5.41) is 2.22. The second-order valence-corrected chi connectivity index (χ2v) is 8.39. The fourth-order valence-corrected chi connectivity index (χ4v) is 4.79. The van der Waals surface area contributed by atoms with E-state index in [0.29, 0.717) is 0 Å². The van der Waals surface area contributed by atoms with Crippen molar-refractivity contribution < 1.29 is 14.4 Å². The van der Waals surface area contributed by atoms with Crippen molar-refractivity contribution in [2.75, 3.05) is 45.8 Å². The largest absolute Gasteiger partial charge is 0.341 e. The Morgan fingerprint density at radius 3 is 2.64 bits per heavy atom. The van der Waals surface area contributed by atoms with Crippen LogP contribution in [0, 0.1) is 5.41 Å². The number of nitrogens with zero attached hydrogens (tertiary/aromatic N) is 3. The minimum absolute atomic E-state index is 0.00856. The van der Waals surface area contributed by atoms with Crippen molar-refractivity contribution in [3.8, 4) is 0 Å². The van der Waals surface area contributed by atoms with Gasteiger partial charge in [0, 0.05) is 31.6 Å². The van der Waals surface area contributed by atoms with E-state index in [0.717, 1.165) is 52.0 Å². The molecule has 1 aromatic rings. The van der Waals surface area contributed by atoms with E-state index in [-0.39, 0.29) is 30.3 Å². The van der Waals surface area contributed by atoms with Gasteiger partial charge in [-0.2, -0.15) is 0 Å². The number of hydrogen-bond donors (Lipinski definition) is 1. The van der Waals surface area contributed by atoms with Crippen LogP contribution in [0.25, 0.3) is 0 Å². The summed E-state index contributed by atoms with van der Waals surface area (Å²) in [6.45, 7) is 4.69. The van der Waals surface area contributed by atoms with Crippen molar-refractivity contribution in [3.63, 3.8) is 0 Å². The highest BCUT2D eigenvalue weighted by molar-refractivity contribution is 6.03. The molecule has 3 fully saturated rings. The average Bonchev–Trinajstić information content (AvgIpc) is 3.24. The highest BCUT2D eigenvalue weighted by Crippen LogP contribution is 2.39. The molecule has 7 heteroatoms. The quantitative estimate of drug-likeness (QED) is 0.772. The molecule has 1 N–H and O–H groups in total. The molecule has 1 atom stereocenters. The Balaban J connectivity index is 1.30. The smallest absolute Gasteiger partial charge is 0.325 e. The predicted molar refractivity (Wildman–Crippen MR) is 105 cm³/mol. The summed E-state index contributed by atoms with van der Waals surface area (Å²) >= 11 is 0. The first-order valence-corrected chi connectivity index (χ1v) is 10.2. The van der Waals surface area contributed by atoms with Crippen LogP contribution in [0.5, 0.6) is 0 Å². The van der Waals surface area contributed by atoms with Gasteiger partial charge in [0.05, 0.1) is 0 Å². The first kappa shape index (κ1) is 18.9. The molecule has 0 radical (unpaired) electrons. The van der Waals surface area contributed by atoms with Gasteiger partial charge in [0.15, 0.2) is 0 Å². The number of carbonyl (C=O) groups is 3. The Morgan fingerprint density at radius 1 is 1.07 bits per heavy atom. The van der Waals surface area contributed by atoms with Crippen LogP contribution in [0.4, 0.5) is 4.79 Å². The van der Waals surface area contributed by atoms with Gasteiger partial charge in [-0.15, -0.1) is 0 Å². The summed E-state index contributed by atoms with van der Waals surface area (Å²) in [5.41, 5.74) is 1.54. The van der Waals surface area contributed by atoms with Gasteiger partial charge >= 0.3 is 6.03 Å². The standard InChI is InChI=1S/C21H28N4O3/c26-18-13-25(20(28)22-18)14-19(27)24-12-9-21(16-24)8-4-10-23(15-21)11-7-17-5-2-1-3-6-17/h1-3,5-6H,4,7-16H2,(H,22,26,28). The van der Waals surface area contributed by atoms with Crippen LogP contribution < -0.4 is 5.32 Å². The normalized spacial score (nSPS) is 25.6. The van der Waals surface area contributed by atoms with Gasteiger partial charge in [0.25, 0.3) is 0 Å². The monoisotopic (exact) mass is 384 g/mol. The molecular formula is C21H28N4O3. The number of amides is 4. The number of hydrogen-bond acceptors (Lipinski definition) is 4. The first-order valence-electron chi connectivity index (χ1n) is 10.2. The molecule has 3 aliphatic rings. The number of piperidine rings is 1. The molecule has 1 aromatic carbocycles. The zero-order valence-corrected chi connectivity index (χ0v) is 16.2. The molecular weight excluding hydrogens is 356 g/mol. The average molecular weight is 384 g/mol. The van der Waals surface area contributed by atoms with Crippen molar-refractivity contribution in [1.29, 1.82) is 0 Å². The van der Waals surface area contributed by atoms with Gasteiger partial charge in [-0.1, -0.05) is 30.3 Å². The molecule has 7 nitrogen and oxygen atoms in total. The molecule has 3 heterocycles. The van der Waals surface area contributed by atoms with Gasteiger partial charge in [-0.25, -0.2) is 4.79 Å². The Kier molecular flexibility index (Phi) is 5.35. The second-order valence-electron chi connectivity index (χ2n) is 8.39. The lowest BCUT2D eigenvalue weighted by atomic mass is 9.79.